The maximum absolute atomic E-state index is 13.4. The van der Waals surface area contributed by atoms with E-state index in [-0.39, 0.29) is 5.91 Å². The summed E-state index contributed by atoms with van der Waals surface area (Å²) in [5, 5.41) is 14.8. The summed E-state index contributed by atoms with van der Waals surface area (Å²) < 4.78 is 1.90. The van der Waals surface area contributed by atoms with Crippen LogP contribution >= 0.6 is 11.6 Å². The van der Waals surface area contributed by atoms with Crippen molar-refractivity contribution in [3.05, 3.63) is 52.3 Å². The molecule has 0 bridgehead atoms. The SMILES string of the molecule is C[C@@H](O)c1cc2n(n1)CCN(C(=O)C1(c3ccc(Cl)cc3)CCC1)C2. The van der Waals surface area contributed by atoms with Gasteiger partial charge < -0.3 is 10.0 Å². The summed E-state index contributed by atoms with van der Waals surface area (Å²) in [5.74, 6) is 0.201. The number of hydrogen-bond acceptors (Lipinski definition) is 3. The van der Waals surface area contributed by atoms with Crippen molar-refractivity contribution in [2.24, 2.45) is 0 Å². The van der Waals surface area contributed by atoms with Gasteiger partial charge in [0.2, 0.25) is 5.91 Å². The first-order chi connectivity index (χ1) is 12.0. The second kappa shape index (κ2) is 6.15. The molecule has 1 amide bonds. The molecular weight excluding hydrogens is 338 g/mol. The molecule has 25 heavy (non-hydrogen) atoms. The molecule has 1 aliphatic heterocycles. The molecular formula is C19H22ClN3O2. The number of aliphatic hydroxyl groups is 1. The molecule has 1 aromatic carbocycles. The van der Waals surface area contributed by atoms with Gasteiger partial charge in [-0.25, -0.2) is 0 Å². The zero-order chi connectivity index (χ0) is 17.6. The van der Waals surface area contributed by atoms with Crippen molar-refractivity contribution in [3.8, 4) is 0 Å². The highest BCUT2D eigenvalue weighted by atomic mass is 35.5. The average Bonchev–Trinajstić information content (AvgIpc) is 2.99. The standard InChI is InChI=1S/C19H22ClN3O2/c1-13(24)17-11-16-12-22(9-10-23(16)21-17)18(25)19(7-2-8-19)14-3-5-15(20)6-4-14/h3-6,11,13,24H,2,7-10,12H2,1H3/t13-/m1/s1. The third-order valence-corrected chi connectivity index (χ3v) is 5.80. The maximum atomic E-state index is 13.4. The molecule has 2 aliphatic rings. The van der Waals surface area contributed by atoms with Crippen LogP contribution in [-0.2, 0) is 23.3 Å². The highest BCUT2D eigenvalue weighted by Crippen LogP contribution is 2.45. The first kappa shape index (κ1) is 16.6. The van der Waals surface area contributed by atoms with E-state index >= 15 is 0 Å². The quantitative estimate of drug-likeness (QED) is 0.916. The number of carbonyl (C=O) groups excluding carboxylic acids is 1. The molecule has 1 fully saturated rings. The van der Waals surface area contributed by atoms with Gasteiger partial charge in [-0.15, -0.1) is 0 Å². The van der Waals surface area contributed by atoms with Crippen LogP contribution < -0.4 is 0 Å². The predicted molar refractivity (Wildman–Crippen MR) is 95.3 cm³/mol. The maximum Gasteiger partial charge on any atom is 0.233 e. The molecule has 0 unspecified atom stereocenters. The van der Waals surface area contributed by atoms with E-state index in [9.17, 15) is 9.90 Å². The van der Waals surface area contributed by atoms with Gasteiger partial charge in [-0.2, -0.15) is 5.10 Å². The van der Waals surface area contributed by atoms with Crippen LogP contribution in [0, 0.1) is 0 Å². The zero-order valence-corrected chi connectivity index (χ0v) is 15.0. The Morgan fingerprint density at radius 3 is 2.60 bits per heavy atom. The van der Waals surface area contributed by atoms with Crippen LogP contribution in [0.3, 0.4) is 0 Å². The molecule has 0 saturated heterocycles. The minimum atomic E-state index is -0.589. The summed E-state index contributed by atoms with van der Waals surface area (Å²) in [4.78, 5) is 15.3. The van der Waals surface area contributed by atoms with E-state index in [1.807, 2.05) is 39.9 Å². The third kappa shape index (κ3) is 2.75. The minimum absolute atomic E-state index is 0.201. The summed E-state index contributed by atoms with van der Waals surface area (Å²) in [5.41, 5.74) is 2.32. The lowest BCUT2D eigenvalue weighted by Crippen LogP contribution is -2.52. The lowest BCUT2D eigenvalue weighted by molar-refractivity contribution is -0.142. The number of hydrogen-bond donors (Lipinski definition) is 1. The molecule has 2 aromatic rings. The number of fused-ring (bicyclic) bond motifs is 1. The van der Waals surface area contributed by atoms with Crippen molar-refractivity contribution < 1.29 is 9.90 Å². The number of halogens is 1. The summed E-state index contributed by atoms with van der Waals surface area (Å²) in [6.45, 7) is 3.58. The summed E-state index contributed by atoms with van der Waals surface area (Å²) >= 11 is 6.01. The summed E-state index contributed by atoms with van der Waals surface area (Å²) in [7, 11) is 0. The molecule has 5 nitrogen and oxygen atoms in total. The van der Waals surface area contributed by atoms with Gasteiger partial charge in [0.25, 0.3) is 0 Å². The van der Waals surface area contributed by atoms with E-state index < -0.39 is 11.5 Å². The highest BCUT2D eigenvalue weighted by molar-refractivity contribution is 6.30. The van der Waals surface area contributed by atoms with E-state index in [1.165, 1.54) is 0 Å². The molecule has 1 saturated carbocycles. The first-order valence-electron chi connectivity index (χ1n) is 8.80. The molecule has 132 valence electrons. The number of amides is 1. The van der Waals surface area contributed by atoms with Crippen LogP contribution in [-0.4, -0.2) is 32.2 Å². The fraction of sp³-hybridized carbons (Fsp3) is 0.474. The van der Waals surface area contributed by atoms with Gasteiger partial charge in [-0.1, -0.05) is 30.2 Å². The highest BCUT2D eigenvalue weighted by Gasteiger charge is 2.48. The molecule has 0 radical (unpaired) electrons. The van der Waals surface area contributed by atoms with Crippen molar-refractivity contribution in [2.75, 3.05) is 6.54 Å². The van der Waals surface area contributed by atoms with E-state index in [1.54, 1.807) is 6.92 Å². The Morgan fingerprint density at radius 1 is 1.28 bits per heavy atom. The van der Waals surface area contributed by atoms with E-state index in [2.05, 4.69) is 5.10 Å². The summed E-state index contributed by atoms with van der Waals surface area (Å²) in [6.07, 6.45) is 2.27. The van der Waals surface area contributed by atoms with Gasteiger partial charge in [-0.05, 0) is 43.5 Å². The van der Waals surface area contributed by atoms with Crippen LogP contribution in [0.4, 0.5) is 0 Å². The molecule has 1 N–H and O–H groups in total. The Morgan fingerprint density at radius 2 is 2.00 bits per heavy atom. The van der Waals surface area contributed by atoms with E-state index in [0.717, 1.165) is 30.5 Å². The second-order valence-electron chi connectivity index (χ2n) is 7.13. The number of aliphatic hydroxyl groups excluding tert-OH is 1. The van der Waals surface area contributed by atoms with E-state index in [4.69, 9.17) is 11.6 Å². The molecule has 4 rings (SSSR count). The fourth-order valence-electron chi connectivity index (χ4n) is 3.89. The normalized spacial score (nSPS) is 19.9. The van der Waals surface area contributed by atoms with Crippen LogP contribution in [0.5, 0.6) is 0 Å². The van der Waals surface area contributed by atoms with Gasteiger partial charge in [0.05, 0.1) is 36.0 Å². The van der Waals surface area contributed by atoms with Crippen molar-refractivity contribution >= 4 is 17.5 Å². The van der Waals surface area contributed by atoms with Crippen LogP contribution in [0.2, 0.25) is 5.02 Å². The van der Waals surface area contributed by atoms with Crippen LogP contribution in [0.25, 0.3) is 0 Å². The monoisotopic (exact) mass is 359 g/mol. The average molecular weight is 360 g/mol. The lowest BCUT2D eigenvalue weighted by atomic mass is 9.63. The second-order valence-corrected chi connectivity index (χ2v) is 7.57. The number of carbonyl (C=O) groups is 1. The molecule has 6 heteroatoms. The van der Waals surface area contributed by atoms with Crippen molar-refractivity contribution in [3.63, 3.8) is 0 Å². The predicted octanol–water partition coefficient (Wildman–Crippen LogP) is 3.05. The van der Waals surface area contributed by atoms with E-state index in [0.29, 0.717) is 30.4 Å². The van der Waals surface area contributed by atoms with Gasteiger partial charge >= 0.3 is 0 Å². The van der Waals surface area contributed by atoms with Crippen LogP contribution in [0.1, 0.15) is 49.2 Å². The Hall–Kier alpha value is -1.85. The molecule has 1 aromatic heterocycles. The van der Waals surface area contributed by atoms with Gasteiger partial charge in [0.1, 0.15) is 0 Å². The van der Waals surface area contributed by atoms with Crippen molar-refractivity contribution in [2.45, 2.75) is 50.8 Å². The topological polar surface area (TPSA) is 58.4 Å². The Kier molecular flexibility index (Phi) is 4.08. The first-order valence-corrected chi connectivity index (χ1v) is 9.17. The molecule has 2 heterocycles. The van der Waals surface area contributed by atoms with Crippen molar-refractivity contribution in [1.82, 2.24) is 14.7 Å². The molecule has 1 atom stereocenters. The van der Waals surface area contributed by atoms with Crippen molar-refractivity contribution in [1.29, 1.82) is 0 Å². The third-order valence-electron chi connectivity index (χ3n) is 5.55. The number of aromatic nitrogens is 2. The van der Waals surface area contributed by atoms with Gasteiger partial charge in [0, 0.05) is 11.6 Å². The zero-order valence-electron chi connectivity index (χ0n) is 14.3. The smallest absolute Gasteiger partial charge is 0.233 e. The van der Waals surface area contributed by atoms with Gasteiger partial charge in [-0.3, -0.25) is 9.48 Å². The molecule has 0 spiro atoms. The fourth-order valence-corrected chi connectivity index (χ4v) is 4.02. The van der Waals surface area contributed by atoms with Gasteiger partial charge in [0.15, 0.2) is 0 Å². The number of rotatable bonds is 3. The number of nitrogens with zero attached hydrogens (tertiary/aromatic N) is 3. The molecule has 1 aliphatic carbocycles. The Bertz CT molecular complexity index is 794. The summed E-state index contributed by atoms with van der Waals surface area (Å²) in [6, 6.07) is 9.60. The lowest BCUT2D eigenvalue weighted by Gasteiger charge is -2.44. The van der Waals surface area contributed by atoms with Crippen LogP contribution in [0.15, 0.2) is 30.3 Å². The number of benzene rings is 1. The Labute approximate surface area is 152 Å². The largest absolute Gasteiger partial charge is 0.387 e. The minimum Gasteiger partial charge on any atom is -0.387 e. The Balaban J connectivity index is 1.58.